The van der Waals surface area contributed by atoms with Crippen molar-refractivity contribution in [1.82, 2.24) is 4.31 Å². The summed E-state index contributed by atoms with van der Waals surface area (Å²) in [5.41, 5.74) is 0.665. The van der Waals surface area contributed by atoms with Gasteiger partial charge in [-0.05, 0) is 55.9 Å². The molecule has 0 radical (unpaired) electrons. The molecule has 1 unspecified atom stereocenters. The van der Waals surface area contributed by atoms with Crippen LogP contribution in [-0.2, 0) is 14.8 Å². The summed E-state index contributed by atoms with van der Waals surface area (Å²) in [6.45, 7) is 3.26. The van der Waals surface area contributed by atoms with E-state index < -0.39 is 10.0 Å². The minimum atomic E-state index is -3.44. The molecule has 1 aliphatic carbocycles. The summed E-state index contributed by atoms with van der Waals surface area (Å²) in [5.74, 6) is 0.551. The Hall–Kier alpha value is -1.40. The highest BCUT2D eigenvalue weighted by atomic mass is 32.2. The number of carbonyl (C=O) groups excluding carboxylic acids is 1. The number of benzene rings is 1. The Labute approximate surface area is 144 Å². The standard InChI is InChI=1S/C18H26N2O3S/c1-14-5-4-12-20(13-14)24(22,23)17-10-8-16(9-11-17)19-18(21)15-6-2-3-7-15/h8-11,14-15H,2-7,12-13H2,1H3,(H,19,21). The first-order chi connectivity index (χ1) is 11.5. The predicted molar refractivity (Wildman–Crippen MR) is 94.2 cm³/mol. The summed E-state index contributed by atoms with van der Waals surface area (Å²) in [4.78, 5) is 12.4. The summed E-state index contributed by atoms with van der Waals surface area (Å²) in [7, 11) is -3.44. The highest BCUT2D eigenvalue weighted by Crippen LogP contribution is 2.27. The maximum atomic E-state index is 12.7. The number of hydrogen-bond acceptors (Lipinski definition) is 3. The summed E-state index contributed by atoms with van der Waals surface area (Å²) < 4.78 is 27.0. The maximum Gasteiger partial charge on any atom is 0.243 e. The second-order valence-electron chi connectivity index (χ2n) is 7.11. The quantitative estimate of drug-likeness (QED) is 0.906. The van der Waals surface area contributed by atoms with E-state index in [0.29, 0.717) is 29.6 Å². The second-order valence-corrected chi connectivity index (χ2v) is 9.04. The van der Waals surface area contributed by atoms with Crippen LogP contribution in [0.2, 0.25) is 0 Å². The van der Waals surface area contributed by atoms with Crippen LogP contribution < -0.4 is 5.32 Å². The lowest BCUT2D eigenvalue weighted by Gasteiger charge is -2.30. The van der Waals surface area contributed by atoms with Crippen molar-refractivity contribution in [2.75, 3.05) is 18.4 Å². The zero-order valence-corrected chi connectivity index (χ0v) is 15.0. The summed E-state index contributed by atoms with van der Waals surface area (Å²) in [6, 6.07) is 6.57. The Morgan fingerprint density at radius 1 is 1.08 bits per heavy atom. The fourth-order valence-electron chi connectivity index (χ4n) is 3.66. The smallest absolute Gasteiger partial charge is 0.243 e. The van der Waals surface area contributed by atoms with Gasteiger partial charge >= 0.3 is 0 Å². The van der Waals surface area contributed by atoms with E-state index in [1.54, 1.807) is 28.6 Å². The van der Waals surface area contributed by atoms with Crippen LogP contribution in [0.4, 0.5) is 5.69 Å². The van der Waals surface area contributed by atoms with Crippen LogP contribution in [-0.4, -0.2) is 31.7 Å². The van der Waals surface area contributed by atoms with Gasteiger partial charge in [0, 0.05) is 24.7 Å². The van der Waals surface area contributed by atoms with Crippen LogP contribution in [0.1, 0.15) is 45.4 Å². The van der Waals surface area contributed by atoms with Crippen molar-refractivity contribution in [3.63, 3.8) is 0 Å². The van der Waals surface area contributed by atoms with E-state index in [-0.39, 0.29) is 11.8 Å². The van der Waals surface area contributed by atoms with Crippen molar-refractivity contribution in [2.45, 2.75) is 50.3 Å². The average Bonchev–Trinajstić information content (AvgIpc) is 3.10. The zero-order valence-electron chi connectivity index (χ0n) is 14.2. The SMILES string of the molecule is CC1CCCN(S(=O)(=O)c2ccc(NC(=O)C3CCCC3)cc2)C1. The Morgan fingerprint density at radius 2 is 1.75 bits per heavy atom. The third-order valence-electron chi connectivity index (χ3n) is 5.11. The Kier molecular flexibility index (Phi) is 5.25. The highest BCUT2D eigenvalue weighted by Gasteiger charge is 2.28. The van der Waals surface area contributed by atoms with Crippen molar-refractivity contribution in [3.8, 4) is 0 Å². The van der Waals surface area contributed by atoms with Crippen LogP contribution in [0.25, 0.3) is 0 Å². The molecular weight excluding hydrogens is 324 g/mol. The number of amides is 1. The normalized spacial score (nSPS) is 23.3. The molecule has 1 N–H and O–H groups in total. The lowest BCUT2D eigenvalue weighted by molar-refractivity contribution is -0.119. The molecule has 1 saturated heterocycles. The Balaban J connectivity index is 1.68. The molecule has 0 aromatic heterocycles. The highest BCUT2D eigenvalue weighted by molar-refractivity contribution is 7.89. The van der Waals surface area contributed by atoms with E-state index in [1.807, 2.05) is 0 Å². The molecule has 1 aliphatic heterocycles. The molecule has 1 aromatic carbocycles. The molecule has 5 nitrogen and oxygen atoms in total. The molecule has 1 heterocycles. The number of piperidine rings is 1. The van der Waals surface area contributed by atoms with Gasteiger partial charge in [-0.1, -0.05) is 19.8 Å². The van der Waals surface area contributed by atoms with Crippen molar-refractivity contribution >= 4 is 21.6 Å². The molecule has 0 bridgehead atoms. The third kappa shape index (κ3) is 3.81. The summed E-state index contributed by atoms with van der Waals surface area (Å²) in [6.07, 6.45) is 6.12. The largest absolute Gasteiger partial charge is 0.326 e. The molecule has 6 heteroatoms. The third-order valence-corrected chi connectivity index (χ3v) is 6.98. The van der Waals surface area contributed by atoms with Gasteiger partial charge in [-0.25, -0.2) is 8.42 Å². The molecule has 3 rings (SSSR count). The van der Waals surface area contributed by atoms with Gasteiger partial charge in [0.2, 0.25) is 15.9 Å². The first-order valence-corrected chi connectivity index (χ1v) is 10.3. The van der Waals surface area contributed by atoms with Gasteiger partial charge in [0.05, 0.1) is 4.90 Å². The lowest BCUT2D eigenvalue weighted by Crippen LogP contribution is -2.39. The summed E-state index contributed by atoms with van der Waals surface area (Å²) in [5, 5.41) is 2.90. The van der Waals surface area contributed by atoms with Gasteiger partial charge in [-0.3, -0.25) is 4.79 Å². The lowest BCUT2D eigenvalue weighted by atomic mass is 10.0. The van der Waals surface area contributed by atoms with Crippen molar-refractivity contribution in [2.24, 2.45) is 11.8 Å². The van der Waals surface area contributed by atoms with E-state index in [2.05, 4.69) is 12.2 Å². The van der Waals surface area contributed by atoms with Crippen molar-refractivity contribution in [1.29, 1.82) is 0 Å². The maximum absolute atomic E-state index is 12.7. The van der Waals surface area contributed by atoms with E-state index in [1.165, 1.54) is 0 Å². The second kappa shape index (κ2) is 7.23. The molecule has 24 heavy (non-hydrogen) atoms. The molecular formula is C18H26N2O3S. The van der Waals surface area contributed by atoms with Crippen LogP contribution in [0.3, 0.4) is 0 Å². The zero-order chi connectivity index (χ0) is 17.2. The Bertz CT molecular complexity index is 679. The minimum absolute atomic E-state index is 0.0490. The van der Waals surface area contributed by atoms with E-state index in [4.69, 9.17) is 0 Å². The molecule has 1 aromatic rings. The molecule has 0 spiro atoms. The van der Waals surface area contributed by atoms with Gasteiger partial charge in [0.1, 0.15) is 0 Å². The van der Waals surface area contributed by atoms with Gasteiger partial charge in [-0.2, -0.15) is 4.31 Å². The monoisotopic (exact) mass is 350 g/mol. The van der Waals surface area contributed by atoms with E-state index >= 15 is 0 Å². The van der Waals surface area contributed by atoms with Gasteiger partial charge in [0.15, 0.2) is 0 Å². The number of nitrogens with one attached hydrogen (secondary N) is 1. The Morgan fingerprint density at radius 3 is 2.38 bits per heavy atom. The number of carbonyl (C=O) groups is 1. The number of rotatable bonds is 4. The molecule has 2 fully saturated rings. The molecule has 1 atom stereocenters. The molecule has 2 aliphatic rings. The average molecular weight is 350 g/mol. The number of nitrogens with zero attached hydrogens (tertiary/aromatic N) is 1. The van der Waals surface area contributed by atoms with Gasteiger partial charge < -0.3 is 5.32 Å². The van der Waals surface area contributed by atoms with Crippen LogP contribution in [0.15, 0.2) is 29.2 Å². The first-order valence-electron chi connectivity index (χ1n) is 8.88. The molecule has 132 valence electrons. The van der Waals surface area contributed by atoms with Crippen molar-refractivity contribution < 1.29 is 13.2 Å². The molecule has 1 amide bonds. The van der Waals surface area contributed by atoms with Gasteiger partial charge in [-0.15, -0.1) is 0 Å². The fourth-order valence-corrected chi connectivity index (χ4v) is 5.25. The van der Waals surface area contributed by atoms with Gasteiger partial charge in [0.25, 0.3) is 0 Å². The first kappa shape index (κ1) is 17.4. The number of hydrogen-bond donors (Lipinski definition) is 1. The van der Waals surface area contributed by atoms with E-state index in [9.17, 15) is 13.2 Å². The number of anilines is 1. The predicted octanol–water partition coefficient (Wildman–Crippen LogP) is 3.24. The van der Waals surface area contributed by atoms with Crippen molar-refractivity contribution in [3.05, 3.63) is 24.3 Å². The van der Waals surface area contributed by atoms with Crippen LogP contribution >= 0.6 is 0 Å². The minimum Gasteiger partial charge on any atom is -0.326 e. The number of sulfonamides is 1. The summed E-state index contributed by atoms with van der Waals surface area (Å²) >= 11 is 0. The topological polar surface area (TPSA) is 66.5 Å². The van der Waals surface area contributed by atoms with E-state index in [0.717, 1.165) is 38.5 Å². The fraction of sp³-hybridized carbons (Fsp3) is 0.611. The molecule has 1 saturated carbocycles. The van der Waals surface area contributed by atoms with Crippen LogP contribution in [0, 0.1) is 11.8 Å². The van der Waals surface area contributed by atoms with Crippen LogP contribution in [0.5, 0.6) is 0 Å².